The molecule has 0 amide bonds. The molecule has 2 heterocycles. The van der Waals surface area contributed by atoms with Crippen LogP contribution in [0.1, 0.15) is 60.4 Å². The maximum absolute atomic E-state index is 5.02. The second-order valence-electron chi connectivity index (χ2n) is 7.67. The van der Waals surface area contributed by atoms with Crippen LogP contribution in [0, 0.1) is 0 Å². The highest BCUT2D eigenvalue weighted by Crippen LogP contribution is 2.39. The van der Waals surface area contributed by atoms with E-state index in [1.807, 2.05) is 11.3 Å². The van der Waals surface area contributed by atoms with Crippen LogP contribution >= 0.6 is 11.3 Å². The van der Waals surface area contributed by atoms with Crippen molar-refractivity contribution >= 4 is 27.4 Å². The molecule has 2 aliphatic carbocycles. The van der Waals surface area contributed by atoms with Gasteiger partial charge < -0.3 is 5.32 Å². The number of fused-ring (bicyclic) bond motifs is 3. The Morgan fingerprint density at radius 3 is 2.62 bits per heavy atom. The molecule has 3 aromatic rings. The summed E-state index contributed by atoms with van der Waals surface area (Å²) < 4.78 is 0. The molecule has 1 N–H and O–H groups in total. The highest BCUT2D eigenvalue weighted by molar-refractivity contribution is 7.19. The van der Waals surface area contributed by atoms with Crippen molar-refractivity contribution in [3.8, 4) is 0 Å². The van der Waals surface area contributed by atoms with Crippen molar-refractivity contribution in [2.24, 2.45) is 0 Å². The van der Waals surface area contributed by atoms with Crippen LogP contribution in [0.15, 0.2) is 30.3 Å². The number of thiophene rings is 1. The summed E-state index contributed by atoms with van der Waals surface area (Å²) in [6, 6.07) is 11.2. The van der Waals surface area contributed by atoms with Crippen molar-refractivity contribution in [1.29, 1.82) is 0 Å². The van der Waals surface area contributed by atoms with Crippen molar-refractivity contribution in [2.75, 3.05) is 5.32 Å². The zero-order valence-electron chi connectivity index (χ0n) is 15.1. The largest absolute Gasteiger partial charge is 0.367 e. The third-order valence-electron chi connectivity index (χ3n) is 5.76. The molecule has 2 aliphatic rings. The maximum atomic E-state index is 5.02. The number of hydrogen-bond acceptors (Lipinski definition) is 4. The number of rotatable bonds is 4. The zero-order valence-corrected chi connectivity index (χ0v) is 15.9. The SMILES string of the molecule is c1ccc(Cc2nc(NC3CCCC3)c3c4c(sc3n2)CCCC4)cc1. The fourth-order valence-corrected chi connectivity index (χ4v) is 5.71. The molecule has 0 radical (unpaired) electrons. The second kappa shape index (κ2) is 6.99. The smallest absolute Gasteiger partial charge is 0.139 e. The molecule has 3 nitrogen and oxygen atoms in total. The molecule has 0 bridgehead atoms. The molecule has 0 unspecified atom stereocenters. The lowest BCUT2D eigenvalue weighted by molar-refractivity contribution is 0.699. The quantitative estimate of drug-likeness (QED) is 0.663. The van der Waals surface area contributed by atoms with Gasteiger partial charge in [-0.1, -0.05) is 43.2 Å². The van der Waals surface area contributed by atoms with Gasteiger partial charge in [-0.3, -0.25) is 0 Å². The van der Waals surface area contributed by atoms with E-state index in [1.54, 1.807) is 4.88 Å². The standard InChI is InChI=1S/C22H25N3S/c1-2-8-15(9-3-1)14-19-24-21(23-16-10-4-5-11-16)20-17-12-6-7-13-18(17)26-22(20)25-19/h1-3,8-9,16H,4-7,10-14H2,(H,23,24,25). The lowest BCUT2D eigenvalue weighted by Gasteiger charge is -2.16. The molecule has 0 atom stereocenters. The average Bonchev–Trinajstić information content (AvgIpc) is 3.29. The summed E-state index contributed by atoms with van der Waals surface area (Å²) in [6.07, 6.45) is 11.0. The van der Waals surface area contributed by atoms with Gasteiger partial charge in [0.05, 0.1) is 5.39 Å². The second-order valence-corrected chi connectivity index (χ2v) is 8.75. The van der Waals surface area contributed by atoms with Crippen LogP contribution in [-0.4, -0.2) is 16.0 Å². The van der Waals surface area contributed by atoms with Crippen LogP contribution in [0.25, 0.3) is 10.2 Å². The first-order chi connectivity index (χ1) is 12.9. The molecule has 1 aromatic carbocycles. The topological polar surface area (TPSA) is 37.8 Å². The Hall–Kier alpha value is -1.94. The third kappa shape index (κ3) is 3.11. The molecule has 0 aliphatic heterocycles. The summed E-state index contributed by atoms with van der Waals surface area (Å²) in [5.41, 5.74) is 2.81. The Bertz CT molecular complexity index is 910. The van der Waals surface area contributed by atoms with Crippen LogP contribution in [0.3, 0.4) is 0 Å². The van der Waals surface area contributed by atoms with Gasteiger partial charge in [-0.15, -0.1) is 11.3 Å². The molecule has 2 aromatic heterocycles. The lowest BCUT2D eigenvalue weighted by Crippen LogP contribution is -2.17. The van der Waals surface area contributed by atoms with E-state index in [-0.39, 0.29) is 0 Å². The lowest BCUT2D eigenvalue weighted by atomic mass is 9.97. The van der Waals surface area contributed by atoms with Gasteiger partial charge in [0.2, 0.25) is 0 Å². The molecular weight excluding hydrogens is 338 g/mol. The van der Waals surface area contributed by atoms with Gasteiger partial charge in [-0.05, 0) is 49.7 Å². The van der Waals surface area contributed by atoms with Gasteiger partial charge in [0.1, 0.15) is 16.5 Å². The summed E-state index contributed by atoms with van der Waals surface area (Å²) in [5.74, 6) is 2.05. The normalized spacial score (nSPS) is 17.5. The van der Waals surface area contributed by atoms with Gasteiger partial charge >= 0.3 is 0 Å². The van der Waals surface area contributed by atoms with Crippen LogP contribution in [0.5, 0.6) is 0 Å². The summed E-state index contributed by atoms with van der Waals surface area (Å²) in [6.45, 7) is 0. The number of anilines is 1. The van der Waals surface area contributed by atoms with Gasteiger partial charge in [0.25, 0.3) is 0 Å². The number of aryl methyl sites for hydroxylation is 2. The number of benzene rings is 1. The minimum atomic E-state index is 0.580. The predicted octanol–water partition coefficient (Wildman–Crippen LogP) is 5.52. The number of hydrogen-bond donors (Lipinski definition) is 1. The zero-order chi connectivity index (χ0) is 17.3. The monoisotopic (exact) mass is 363 g/mol. The Morgan fingerprint density at radius 2 is 1.77 bits per heavy atom. The molecule has 0 saturated heterocycles. The van der Waals surface area contributed by atoms with Crippen molar-refractivity contribution < 1.29 is 0 Å². The fourth-order valence-electron chi connectivity index (χ4n) is 4.43. The first kappa shape index (κ1) is 16.2. The van der Waals surface area contributed by atoms with E-state index in [1.165, 1.54) is 72.7 Å². The molecule has 1 saturated carbocycles. The van der Waals surface area contributed by atoms with E-state index in [0.717, 1.165) is 18.1 Å². The van der Waals surface area contributed by atoms with Crippen LogP contribution in [-0.2, 0) is 19.3 Å². The fraction of sp³-hybridized carbons (Fsp3) is 0.455. The van der Waals surface area contributed by atoms with E-state index in [4.69, 9.17) is 9.97 Å². The number of nitrogens with one attached hydrogen (secondary N) is 1. The highest BCUT2D eigenvalue weighted by Gasteiger charge is 2.23. The summed E-state index contributed by atoms with van der Waals surface area (Å²) >= 11 is 1.91. The summed E-state index contributed by atoms with van der Waals surface area (Å²) in [7, 11) is 0. The molecule has 134 valence electrons. The van der Waals surface area contributed by atoms with E-state index >= 15 is 0 Å². The number of nitrogens with zero attached hydrogens (tertiary/aromatic N) is 2. The Balaban J connectivity index is 1.58. The average molecular weight is 364 g/mol. The Morgan fingerprint density at radius 1 is 0.962 bits per heavy atom. The third-order valence-corrected chi connectivity index (χ3v) is 6.95. The van der Waals surface area contributed by atoms with Gasteiger partial charge in [-0.2, -0.15) is 0 Å². The molecule has 1 fully saturated rings. The van der Waals surface area contributed by atoms with Gasteiger partial charge in [0, 0.05) is 17.3 Å². The first-order valence-electron chi connectivity index (χ1n) is 9.98. The van der Waals surface area contributed by atoms with Crippen LogP contribution < -0.4 is 5.32 Å². The van der Waals surface area contributed by atoms with Gasteiger partial charge in [0.15, 0.2) is 0 Å². The van der Waals surface area contributed by atoms with E-state index in [2.05, 4.69) is 35.6 Å². The molecule has 0 spiro atoms. The van der Waals surface area contributed by atoms with Crippen molar-refractivity contribution in [3.05, 3.63) is 52.2 Å². The van der Waals surface area contributed by atoms with E-state index in [9.17, 15) is 0 Å². The minimum absolute atomic E-state index is 0.580. The van der Waals surface area contributed by atoms with Crippen molar-refractivity contribution in [1.82, 2.24) is 9.97 Å². The van der Waals surface area contributed by atoms with Gasteiger partial charge in [-0.25, -0.2) is 9.97 Å². The van der Waals surface area contributed by atoms with Crippen molar-refractivity contribution in [3.63, 3.8) is 0 Å². The summed E-state index contributed by atoms with van der Waals surface area (Å²) in [4.78, 5) is 12.7. The number of aromatic nitrogens is 2. The maximum Gasteiger partial charge on any atom is 0.139 e. The molecule has 4 heteroatoms. The minimum Gasteiger partial charge on any atom is -0.367 e. The van der Waals surface area contributed by atoms with E-state index in [0.29, 0.717) is 6.04 Å². The first-order valence-corrected chi connectivity index (χ1v) is 10.8. The highest BCUT2D eigenvalue weighted by atomic mass is 32.1. The Labute approximate surface area is 158 Å². The van der Waals surface area contributed by atoms with Crippen LogP contribution in [0.2, 0.25) is 0 Å². The van der Waals surface area contributed by atoms with Crippen molar-refractivity contribution in [2.45, 2.75) is 63.8 Å². The predicted molar refractivity (Wildman–Crippen MR) is 109 cm³/mol. The molecule has 5 rings (SSSR count). The molecular formula is C22H25N3S. The molecule has 26 heavy (non-hydrogen) atoms. The van der Waals surface area contributed by atoms with E-state index < -0.39 is 0 Å². The summed E-state index contributed by atoms with van der Waals surface area (Å²) in [5, 5.41) is 5.13. The van der Waals surface area contributed by atoms with Crippen LogP contribution in [0.4, 0.5) is 5.82 Å². The Kier molecular flexibility index (Phi) is 4.37.